The van der Waals surface area contributed by atoms with Gasteiger partial charge in [-0.25, -0.2) is 4.90 Å². The molecule has 0 bridgehead atoms. The first-order chi connectivity index (χ1) is 13.6. The predicted molar refractivity (Wildman–Crippen MR) is 115 cm³/mol. The van der Waals surface area contributed by atoms with Crippen molar-refractivity contribution in [2.24, 2.45) is 0 Å². The van der Waals surface area contributed by atoms with Crippen LogP contribution in [0.3, 0.4) is 0 Å². The molecule has 0 N–H and O–H groups in total. The predicted octanol–water partition coefficient (Wildman–Crippen LogP) is 5.66. The number of benzene rings is 3. The van der Waals surface area contributed by atoms with E-state index in [-0.39, 0.29) is 11.8 Å². The number of nitrogens with zero attached hydrogens (tertiary/aromatic N) is 1. The molecular weight excluding hydrogens is 386 g/mol. The van der Waals surface area contributed by atoms with E-state index < -0.39 is 0 Å². The van der Waals surface area contributed by atoms with Crippen LogP contribution in [0.2, 0.25) is 0 Å². The second-order valence-electron chi connectivity index (χ2n) is 6.27. The van der Waals surface area contributed by atoms with Crippen molar-refractivity contribution in [1.29, 1.82) is 0 Å². The monoisotopic (exact) mass is 403 g/mol. The molecule has 5 heteroatoms. The molecule has 3 aromatic rings. The summed E-state index contributed by atoms with van der Waals surface area (Å²) < 4.78 is 0. The van der Waals surface area contributed by atoms with Crippen molar-refractivity contribution in [1.82, 2.24) is 0 Å². The summed E-state index contributed by atoms with van der Waals surface area (Å²) in [7, 11) is 0. The van der Waals surface area contributed by atoms with Crippen LogP contribution in [0.4, 0.5) is 5.69 Å². The van der Waals surface area contributed by atoms with Crippen molar-refractivity contribution in [2.45, 2.75) is 16.7 Å². The summed E-state index contributed by atoms with van der Waals surface area (Å²) in [4.78, 5) is 30.5. The molecule has 0 radical (unpaired) electrons. The number of amides is 2. The summed E-state index contributed by atoms with van der Waals surface area (Å²) in [5.74, 6) is -0.553. The fourth-order valence-electron chi connectivity index (χ4n) is 2.81. The maximum absolute atomic E-state index is 13.2. The molecule has 4 rings (SSSR count). The maximum atomic E-state index is 13.2. The van der Waals surface area contributed by atoms with Gasteiger partial charge < -0.3 is 0 Å². The molecule has 3 nitrogen and oxygen atoms in total. The van der Waals surface area contributed by atoms with Crippen LogP contribution in [0.25, 0.3) is 0 Å². The summed E-state index contributed by atoms with van der Waals surface area (Å²) in [5.41, 5.74) is 1.67. The topological polar surface area (TPSA) is 37.4 Å². The van der Waals surface area contributed by atoms with E-state index >= 15 is 0 Å². The number of carbonyl (C=O) groups is 2. The highest BCUT2D eigenvalue weighted by molar-refractivity contribution is 8.08. The van der Waals surface area contributed by atoms with Gasteiger partial charge in [0, 0.05) is 9.79 Å². The van der Waals surface area contributed by atoms with Gasteiger partial charge in [0.05, 0.1) is 15.5 Å². The highest BCUT2D eigenvalue weighted by atomic mass is 32.2. The summed E-state index contributed by atoms with van der Waals surface area (Å²) >= 11 is 2.68. The smallest absolute Gasteiger partial charge is 0.268 e. The van der Waals surface area contributed by atoms with E-state index in [0.717, 1.165) is 15.4 Å². The molecule has 0 aromatic heterocycles. The highest BCUT2D eigenvalue weighted by Crippen LogP contribution is 2.43. The first-order valence-corrected chi connectivity index (χ1v) is 10.4. The molecule has 0 fully saturated rings. The van der Waals surface area contributed by atoms with Crippen LogP contribution in [0.5, 0.6) is 0 Å². The fourth-order valence-corrected chi connectivity index (χ4v) is 4.84. The average molecular weight is 404 g/mol. The third-order valence-electron chi connectivity index (χ3n) is 4.22. The lowest BCUT2D eigenvalue weighted by atomic mass is 10.2. The van der Waals surface area contributed by atoms with Crippen molar-refractivity contribution in [3.8, 4) is 0 Å². The Hall–Kier alpha value is -2.76. The molecule has 0 saturated carbocycles. The van der Waals surface area contributed by atoms with Gasteiger partial charge in [0.15, 0.2) is 0 Å². The zero-order valence-corrected chi connectivity index (χ0v) is 16.8. The number of hydrogen-bond acceptors (Lipinski definition) is 4. The molecule has 0 unspecified atom stereocenters. The molecule has 1 aliphatic heterocycles. The fraction of sp³-hybridized carbons (Fsp3) is 0.0435. The van der Waals surface area contributed by atoms with E-state index in [1.807, 2.05) is 91.9 Å². The Morgan fingerprint density at radius 3 is 1.46 bits per heavy atom. The molecule has 1 heterocycles. The summed E-state index contributed by atoms with van der Waals surface area (Å²) in [6, 6.07) is 26.7. The minimum absolute atomic E-state index is 0.277. The zero-order valence-electron chi connectivity index (χ0n) is 15.2. The molecule has 138 valence electrons. The third kappa shape index (κ3) is 3.77. The van der Waals surface area contributed by atoms with E-state index in [1.54, 1.807) is 0 Å². The van der Waals surface area contributed by atoms with Gasteiger partial charge >= 0.3 is 0 Å². The van der Waals surface area contributed by atoms with Crippen molar-refractivity contribution >= 4 is 41.0 Å². The van der Waals surface area contributed by atoms with Crippen LogP contribution in [0.1, 0.15) is 5.56 Å². The first-order valence-electron chi connectivity index (χ1n) is 8.79. The van der Waals surface area contributed by atoms with Crippen LogP contribution in [0, 0.1) is 6.92 Å². The maximum Gasteiger partial charge on any atom is 0.273 e. The molecule has 0 saturated heterocycles. The largest absolute Gasteiger partial charge is 0.273 e. The lowest BCUT2D eigenvalue weighted by molar-refractivity contribution is -0.120. The molecule has 28 heavy (non-hydrogen) atoms. The second-order valence-corrected chi connectivity index (χ2v) is 8.44. The van der Waals surface area contributed by atoms with Gasteiger partial charge in [-0.3, -0.25) is 9.59 Å². The summed E-state index contributed by atoms with van der Waals surface area (Å²) in [5, 5.41) is 0. The number of hydrogen-bond donors (Lipinski definition) is 0. The Morgan fingerprint density at radius 2 is 1.04 bits per heavy atom. The Kier molecular flexibility index (Phi) is 5.37. The number of aryl methyl sites for hydroxylation is 1. The van der Waals surface area contributed by atoms with E-state index in [1.165, 1.54) is 28.4 Å². The van der Waals surface area contributed by atoms with Gasteiger partial charge in [-0.2, -0.15) is 0 Å². The lowest BCUT2D eigenvalue weighted by Gasteiger charge is -2.15. The van der Waals surface area contributed by atoms with Crippen LogP contribution in [0.15, 0.2) is 105 Å². The minimum atomic E-state index is -0.277. The van der Waals surface area contributed by atoms with E-state index in [2.05, 4.69) is 0 Å². The van der Waals surface area contributed by atoms with Crippen molar-refractivity contribution in [3.05, 3.63) is 100 Å². The quantitative estimate of drug-likeness (QED) is 0.515. The molecule has 0 spiro atoms. The summed E-state index contributed by atoms with van der Waals surface area (Å²) in [6.07, 6.45) is 0. The molecular formula is C23H17NO2S2. The van der Waals surface area contributed by atoms with Crippen molar-refractivity contribution < 1.29 is 9.59 Å². The highest BCUT2D eigenvalue weighted by Gasteiger charge is 2.40. The minimum Gasteiger partial charge on any atom is -0.268 e. The van der Waals surface area contributed by atoms with Crippen LogP contribution in [-0.4, -0.2) is 11.8 Å². The number of thioether (sulfide) groups is 2. The van der Waals surface area contributed by atoms with Gasteiger partial charge in [0.1, 0.15) is 0 Å². The molecule has 2 amide bonds. The summed E-state index contributed by atoms with van der Waals surface area (Å²) in [6.45, 7) is 1.98. The zero-order chi connectivity index (χ0) is 19.5. The molecule has 0 atom stereocenters. The van der Waals surface area contributed by atoms with Gasteiger partial charge in [-0.05, 0) is 43.3 Å². The number of carbonyl (C=O) groups excluding carboxylic acids is 2. The Labute approximate surface area is 172 Å². The third-order valence-corrected chi connectivity index (χ3v) is 6.53. The standard InChI is InChI=1S/C23H17NO2S2/c1-16-12-14-17(15-13-16)24-22(25)20(27-18-8-4-2-5-9-18)21(23(24)26)28-19-10-6-3-7-11-19/h2-15H,1H3. The second kappa shape index (κ2) is 8.09. The molecule has 3 aromatic carbocycles. The van der Waals surface area contributed by atoms with Gasteiger partial charge in [0.25, 0.3) is 11.8 Å². The molecule has 1 aliphatic rings. The van der Waals surface area contributed by atoms with Crippen molar-refractivity contribution in [3.63, 3.8) is 0 Å². The van der Waals surface area contributed by atoms with Crippen LogP contribution in [-0.2, 0) is 9.59 Å². The normalized spacial score (nSPS) is 14.1. The van der Waals surface area contributed by atoms with Crippen LogP contribution >= 0.6 is 23.5 Å². The van der Waals surface area contributed by atoms with Gasteiger partial charge in [-0.1, -0.05) is 77.6 Å². The SMILES string of the molecule is Cc1ccc(N2C(=O)C(Sc3ccccc3)=C(Sc3ccccc3)C2=O)cc1. The van der Waals surface area contributed by atoms with E-state index in [4.69, 9.17) is 0 Å². The Balaban J connectivity index is 1.74. The Bertz CT molecular complexity index is 981. The van der Waals surface area contributed by atoms with Gasteiger partial charge in [0.2, 0.25) is 0 Å². The Morgan fingerprint density at radius 1 is 0.607 bits per heavy atom. The number of anilines is 1. The van der Waals surface area contributed by atoms with E-state index in [9.17, 15) is 9.59 Å². The van der Waals surface area contributed by atoms with Crippen molar-refractivity contribution in [2.75, 3.05) is 4.90 Å². The average Bonchev–Trinajstić information content (AvgIpc) is 2.94. The number of rotatable bonds is 5. The van der Waals surface area contributed by atoms with E-state index in [0.29, 0.717) is 15.5 Å². The van der Waals surface area contributed by atoms with Gasteiger partial charge in [-0.15, -0.1) is 0 Å². The number of imide groups is 1. The lowest BCUT2D eigenvalue weighted by Crippen LogP contribution is -2.31. The van der Waals surface area contributed by atoms with Crippen LogP contribution < -0.4 is 4.90 Å². The molecule has 0 aliphatic carbocycles. The first kappa shape index (κ1) is 18.6.